The summed E-state index contributed by atoms with van der Waals surface area (Å²) < 4.78 is 6.91. The van der Waals surface area contributed by atoms with E-state index in [9.17, 15) is 14.4 Å². The summed E-state index contributed by atoms with van der Waals surface area (Å²) in [6.07, 6.45) is 5.34. The topological polar surface area (TPSA) is 106 Å². The molecule has 1 aliphatic heterocycles. The number of benzene rings is 1. The van der Waals surface area contributed by atoms with Crippen molar-refractivity contribution in [3.63, 3.8) is 0 Å². The second kappa shape index (κ2) is 9.87. The Hall–Kier alpha value is -3.36. The maximum absolute atomic E-state index is 13.2. The Labute approximate surface area is 199 Å². The molecule has 2 N–H and O–H groups in total. The third-order valence-corrected chi connectivity index (χ3v) is 6.85. The van der Waals surface area contributed by atoms with Crippen LogP contribution in [0.2, 0.25) is 0 Å². The highest BCUT2D eigenvalue weighted by molar-refractivity contribution is 6.01. The van der Waals surface area contributed by atoms with Gasteiger partial charge in [0.05, 0.1) is 13.2 Å². The zero-order valence-electron chi connectivity index (χ0n) is 20.1. The smallest absolute Gasteiger partial charge is 0.272 e. The van der Waals surface area contributed by atoms with Gasteiger partial charge in [-0.2, -0.15) is 5.10 Å². The fourth-order valence-electron chi connectivity index (χ4n) is 4.57. The minimum atomic E-state index is -1.08. The average Bonchev–Trinajstić information content (AvgIpc) is 3.27. The number of likely N-dealkylation sites (N-methyl/N-ethyl adjacent to an activating group) is 1. The van der Waals surface area contributed by atoms with Crippen molar-refractivity contribution in [1.82, 2.24) is 25.3 Å². The Morgan fingerprint density at radius 2 is 1.88 bits per heavy atom. The van der Waals surface area contributed by atoms with Crippen LogP contribution in [0.1, 0.15) is 72.5 Å². The summed E-state index contributed by atoms with van der Waals surface area (Å²) in [5.41, 5.74) is 0.295. The van der Waals surface area contributed by atoms with E-state index in [1.807, 2.05) is 31.2 Å². The summed E-state index contributed by atoms with van der Waals surface area (Å²) in [6, 6.07) is 9.12. The maximum atomic E-state index is 13.2. The van der Waals surface area contributed by atoms with Crippen LogP contribution >= 0.6 is 0 Å². The average molecular weight is 468 g/mol. The zero-order valence-corrected chi connectivity index (χ0v) is 20.1. The van der Waals surface area contributed by atoms with Gasteiger partial charge in [-0.3, -0.25) is 19.1 Å². The molecule has 0 saturated heterocycles. The lowest BCUT2D eigenvalue weighted by atomic mass is 9.92. The van der Waals surface area contributed by atoms with E-state index in [1.54, 1.807) is 14.0 Å². The number of carbonyl (C=O) groups excluding carboxylic acids is 3. The van der Waals surface area contributed by atoms with Crippen molar-refractivity contribution in [2.75, 3.05) is 13.7 Å². The summed E-state index contributed by atoms with van der Waals surface area (Å²) in [5.74, 6) is -0.110. The molecule has 2 heterocycles. The fraction of sp³-hybridized carbons (Fsp3) is 0.520. The number of nitrogens with zero attached hydrogens (tertiary/aromatic N) is 3. The zero-order chi connectivity index (χ0) is 24.3. The molecule has 1 aromatic heterocycles. The van der Waals surface area contributed by atoms with Crippen LogP contribution < -0.4 is 15.4 Å². The minimum Gasteiger partial charge on any atom is -0.494 e. The number of hydrogen-bond acceptors (Lipinski definition) is 5. The van der Waals surface area contributed by atoms with Crippen LogP contribution in [0, 0.1) is 0 Å². The van der Waals surface area contributed by atoms with Crippen molar-refractivity contribution in [2.45, 2.75) is 70.6 Å². The lowest BCUT2D eigenvalue weighted by molar-refractivity contribution is -0.133. The Morgan fingerprint density at radius 1 is 1.18 bits per heavy atom. The first-order valence-corrected chi connectivity index (χ1v) is 12.0. The van der Waals surface area contributed by atoms with Crippen molar-refractivity contribution in [2.24, 2.45) is 0 Å². The molecule has 0 bridgehead atoms. The van der Waals surface area contributed by atoms with Gasteiger partial charge in [0.2, 0.25) is 5.91 Å². The molecule has 1 saturated carbocycles. The lowest BCUT2D eigenvalue weighted by Crippen LogP contribution is -2.63. The summed E-state index contributed by atoms with van der Waals surface area (Å²) in [7, 11) is 1.63. The Bertz CT molecular complexity index is 1060. The molecule has 1 unspecified atom stereocenters. The first-order chi connectivity index (χ1) is 16.3. The largest absolute Gasteiger partial charge is 0.494 e. The SMILES string of the molecule is CCOc1ccc(CNC(=O)c2cc3n(n2)CC(C)(C(=O)NC2CCCCC2)N(C)C3=O)cc1. The molecule has 34 heavy (non-hydrogen) atoms. The van der Waals surface area contributed by atoms with E-state index in [-0.39, 0.29) is 36.0 Å². The van der Waals surface area contributed by atoms with E-state index in [4.69, 9.17) is 4.74 Å². The second-order valence-corrected chi connectivity index (χ2v) is 9.28. The molecule has 1 aliphatic carbocycles. The highest BCUT2D eigenvalue weighted by atomic mass is 16.5. The van der Waals surface area contributed by atoms with Crippen LogP contribution in [0.15, 0.2) is 30.3 Å². The van der Waals surface area contributed by atoms with Crippen molar-refractivity contribution in [1.29, 1.82) is 0 Å². The van der Waals surface area contributed by atoms with Crippen molar-refractivity contribution in [3.8, 4) is 5.75 Å². The number of ether oxygens (including phenoxy) is 1. The van der Waals surface area contributed by atoms with Gasteiger partial charge < -0.3 is 20.3 Å². The normalized spacial score (nSPS) is 20.6. The molecule has 1 atom stereocenters. The van der Waals surface area contributed by atoms with Crippen LogP contribution in [-0.2, 0) is 17.9 Å². The van der Waals surface area contributed by atoms with E-state index < -0.39 is 5.54 Å². The van der Waals surface area contributed by atoms with Crippen LogP contribution in [0.3, 0.4) is 0 Å². The molecular formula is C25H33N5O4. The van der Waals surface area contributed by atoms with Crippen LogP contribution in [0.4, 0.5) is 0 Å². The molecule has 9 nitrogen and oxygen atoms in total. The van der Waals surface area contributed by atoms with Gasteiger partial charge in [-0.05, 0) is 44.4 Å². The molecule has 182 valence electrons. The standard InChI is InChI=1S/C25H33N5O4/c1-4-34-19-12-10-17(11-13-19)15-26-22(31)20-14-21-23(32)29(3)25(2,16-30(21)28-20)24(33)27-18-8-6-5-7-9-18/h10-14,18H,4-9,15-16H2,1-3H3,(H,26,31)(H,27,33). The highest BCUT2D eigenvalue weighted by Gasteiger charge is 2.46. The van der Waals surface area contributed by atoms with Gasteiger partial charge in [-0.15, -0.1) is 0 Å². The molecule has 4 rings (SSSR count). The number of carbonyl (C=O) groups is 3. The molecular weight excluding hydrogens is 434 g/mol. The molecule has 1 fully saturated rings. The van der Waals surface area contributed by atoms with Gasteiger partial charge in [0.25, 0.3) is 11.8 Å². The van der Waals surface area contributed by atoms with E-state index in [0.717, 1.165) is 37.0 Å². The lowest BCUT2D eigenvalue weighted by Gasteiger charge is -2.41. The quantitative estimate of drug-likeness (QED) is 0.651. The van der Waals surface area contributed by atoms with Gasteiger partial charge in [-0.25, -0.2) is 0 Å². The van der Waals surface area contributed by atoms with Gasteiger partial charge in [-0.1, -0.05) is 31.4 Å². The van der Waals surface area contributed by atoms with Crippen molar-refractivity contribution < 1.29 is 19.1 Å². The maximum Gasteiger partial charge on any atom is 0.272 e. The Kier molecular flexibility index (Phi) is 6.90. The van der Waals surface area contributed by atoms with Gasteiger partial charge in [0.15, 0.2) is 5.69 Å². The predicted octanol–water partition coefficient (Wildman–Crippen LogP) is 2.50. The Balaban J connectivity index is 1.43. The van der Waals surface area contributed by atoms with Gasteiger partial charge in [0.1, 0.15) is 17.0 Å². The number of fused-ring (bicyclic) bond motifs is 1. The third-order valence-electron chi connectivity index (χ3n) is 6.85. The summed E-state index contributed by atoms with van der Waals surface area (Å²) in [4.78, 5) is 40.5. The van der Waals surface area contributed by atoms with Gasteiger partial charge >= 0.3 is 0 Å². The molecule has 2 aliphatic rings. The van der Waals surface area contributed by atoms with Crippen LogP contribution in [0.5, 0.6) is 5.75 Å². The van der Waals surface area contributed by atoms with Crippen molar-refractivity contribution in [3.05, 3.63) is 47.3 Å². The predicted molar refractivity (Wildman–Crippen MR) is 127 cm³/mol. The summed E-state index contributed by atoms with van der Waals surface area (Å²) in [5, 5.41) is 10.3. The Morgan fingerprint density at radius 3 is 2.56 bits per heavy atom. The van der Waals surface area contributed by atoms with E-state index in [0.29, 0.717) is 18.8 Å². The third kappa shape index (κ3) is 4.78. The number of aromatic nitrogens is 2. The molecule has 0 spiro atoms. The molecule has 2 aromatic rings. The van der Waals surface area contributed by atoms with Crippen molar-refractivity contribution >= 4 is 17.7 Å². The first kappa shape index (κ1) is 23.8. The fourth-order valence-corrected chi connectivity index (χ4v) is 4.57. The molecule has 3 amide bonds. The van der Waals surface area contributed by atoms with Crippen LogP contribution in [0.25, 0.3) is 0 Å². The number of rotatable bonds is 7. The second-order valence-electron chi connectivity index (χ2n) is 9.28. The summed E-state index contributed by atoms with van der Waals surface area (Å²) in [6.45, 7) is 4.78. The van der Waals surface area contributed by atoms with E-state index in [1.165, 1.54) is 22.1 Å². The summed E-state index contributed by atoms with van der Waals surface area (Å²) >= 11 is 0. The monoisotopic (exact) mass is 467 g/mol. The van der Waals surface area contributed by atoms with E-state index in [2.05, 4.69) is 15.7 Å². The number of nitrogens with one attached hydrogen (secondary N) is 2. The minimum absolute atomic E-state index is 0.143. The molecule has 1 aromatic carbocycles. The number of amides is 3. The molecule has 0 radical (unpaired) electrons. The highest BCUT2D eigenvalue weighted by Crippen LogP contribution is 2.27. The van der Waals surface area contributed by atoms with E-state index >= 15 is 0 Å². The van der Waals surface area contributed by atoms with Crippen LogP contribution in [-0.4, -0.2) is 57.6 Å². The number of hydrogen-bond donors (Lipinski definition) is 2. The first-order valence-electron chi connectivity index (χ1n) is 12.0. The molecule has 9 heteroatoms. The van der Waals surface area contributed by atoms with Gasteiger partial charge in [0, 0.05) is 25.7 Å².